The first kappa shape index (κ1) is 14.5. The van der Waals surface area contributed by atoms with Crippen molar-refractivity contribution in [2.24, 2.45) is 0 Å². The number of carbonyl (C=O) groups excluding carboxylic acids is 1. The zero-order valence-corrected chi connectivity index (χ0v) is 11.1. The molecule has 100 valence electrons. The summed E-state index contributed by atoms with van der Waals surface area (Å²) in [6.45, 7) is 2.94. The fraction of sp³-hybridized carbons (Fsp3) is 0.929. The minimum Gasteiger partial charge on any atom is -0.436 e. The van der Waals surface area contributed by atoms with Crippen molar-refractivity contribution < 1.29 is 14.3 Å². The molecule has 1 fully saturated rings. The molecule has 17 heavy (non-hydrogen) atoms. The van der Waals surface area contributed by atoms with Crippen LogP contribution in [-0.4, -0.2) is 18.9 Å². The van der Waals surface area contributed by atoms with Crippen LogP contribution >= 0.6 is 0 Å². The van der Waals surface area contributed by atoms with Crippen molar-refractivity contribution in [3.63, 3.8) is 0 Å². The van der Waals surface area contributed by atoms with Gasteiger partial charge in [0.1, 0.15) is 0 Å². The minimum atomic E-state index is -0.267. The molecule has 1 unspecified atom stereocenters. The van der Waals surface area contributed by atoms with Gasteiger partial charge in [-0.3, -0.25) is 4.79 Å². The van der Waals surface area contributed by atoms with E-state index in [0.717, 1.165) is 38.7 Å². The predicted octanol–water partition coefficient (Wildman–Crippen LogP) is 3.81. The van der Waals surface area contributed by atoms with Gasteiger partial charge in [0.2, 0.25) is 6.29 Å². The Morgan fingerprint density at radius 2 is 1.94 bits per heavy atom. The minimum absolute atomic E-state index is 0.0904. The maximum atomic E-state index is 11.5. The van der Waals surface area contributed by atoms with Crippen LogP contribution in [-0.2, 0) is 14.3 Å². The normalized spacial score (nSPS) is 20.2. The number of rotatable bonds is 8. The summed E-state index contributed by atoms with van der Waals surface area (Å²) in [7, 11) is 0. The number of hydrogen-bond acceptors (Lipinski definition) is 3. The van der Waals surface area contributed by atoms with Crippen LogP contribution in [0.1, 0.15) is 71.1 Å². The summed E-state index contributed by atoms with van der Waals surface area (Å²) < 4.78 is 10.6. The average Bonchev–Trinajstić information content (AvgIpc) is 2.35. The van der Waals surface area contributed by atoms with E-state index in [-0.39, 0.29) is 12.3 Å². The smallest absolute Gasteiger partial charge is 0.308 e. The van der Waals surface area contributed by atoms with E-state index in [1.54, 1.807) is 0 Å². The van der Waals surface area contributed by atoms with Crippen molar-refractivity contribution in [3.05, 3.63) is 0 Å². The van der Waals surface area contributed by atoms with Gasteiger partial charge < -0.3 is 9.47 Å². The molecule has 0 aromatic heterocycles. The first-order chi connectivity index (χ1) is 8.33. The maximum Gasteiger partial charge on any atom is 0.308 e. The van der Waals surface area contributed by atoms with Gasteiger partial charge in [-0.25, -0.2) is 0 Å². The first-order valence-corrected chi connectivity index (χ1v) is 7.14. The number of carbonyl (C=O) groups is 1. The highest BCUT2D eigenvalue weighted by molar-refractivity contribution is 5.69. The molecule has 0 saturated carbocycles. The Bertz CT molecular complexity index is 198. The number of unbranched alkanes of at least 4 members (excludes halogenated alkanes) is 5. The summed E-state index contributed by atoms with van der Waals surface area (Å²) in [5, 5.41) is 0. The number of hydrogen-bond donors (Lipinski definition) is 0. The molecule has 1 saturated heterocycles. The van der Waals surface area contributed by atoms with E-state index >= 15 is 0 Å². The van der Waals surface area contributed by atoms with Gasteiger partial charge in [0, 0.05) is 12.8 Å². The zero-order chi connectivity index (χ0) is 12.3. The lowest BCUT2D eigenvalue weighted by molar-refractivity contribution is -0.186. The summed E-state index contributed by atoms with van der Waals surface area (Å²) >= 11 is 0. The van der Waals surface area contributed by atoms with Crippen LogP contribution in [0.25, 0.3) is 0 Å². The second kappa shape index (κ2) is 9.46. The molecule has 0 radical (unpaired) electrons. The quantitative estimate of drug-likeness (QED) is 0.479. The first-order valence-electron chi connectivity index (χ1n) is 7.14. The summed E-state index contributed by atoms with van der Waals surface area (Å²) in [6, 6.07) is 0. The van der Waals surface area contributed by atoms with Crippen molar-refractivity contribution in [2.45, 2.75) is 77.4 Å². The topological polar surface area (TPSA) is 35.5 Å². The monoisotopic (exact) mass is 242 g/mol. The van der Waals surface area contributed by atoms with Gasteiger partial charge in [0.25, 0.3) is 0 Å². The van der Waals surface area contributed by atoms with E-state index in [1.165, 1.54) is 25.7 Å². The van der Waals surface area contributed by atoms with Crippen molar-refractivity contribution >= 4 is 5.97 Å². The highest BCUT2D eigenvalue weighted by Crippen LogP contribution is 2.15. The zero-order valence-electron chi connectivity index (χ0n) is 11.1. The van der Waals surface area contributed by atoms with Crippen LogP contribution in [0.4, 0.5) is 0 Å². The largest absolute Gasteiger partial charge is 0.436 e. The molecule has 0 aromatic carbocycles. The van der Waals surface area contributed by atoms with E-state index in [2.05, 4.69) is 6.92 Å². The Hall–Kier alpha value is -0.570. The maximum absolute atomic E-state index is 11.5. The summed E-state index contributed by atoms with van der Waals surface area (Å²) in [5.74, 6) is -0.0904. The molecular weight excluding hydrogens is 216 g/mol. The lowest BCUT2D eigenvalue weighted by atomic mass is 10.1. The molecule has 1 rings (SSSR count). The van der Waals surface area contributed by atoms with E-state index in [4.69, 9.17) is 9.47 Å². The van der Waals surface area contributed by atoms with E-state index in [0.29, 0.717) is 6.42 Å². The third kappa shape index (κ3) is 7.37. The van der Waals surface area contributed by atoms with Crippen molar-refractivity contribution in [1.82, 2.24) is 0 Å². The summed E-state index contributed by atoms with van der Waals surface area (Å²) in [5.41, 5.74) is 0. The third-order valence-corrected chi connectivity index (χ3v) is 3.14. The van der Waals surface area contributed by atoms with Gasteiger partial charge in [0.15, 0.2) is 0 Å². The second-order valence-electron chi connectivity index (χ2n) is 4.80. The van der Waals surface area contributed by atoms with Crippen molar-refractivity contribution in [1.29, 1.82) is 0 Å². The van der Waals surface area contributed by atoms with Gasteiger partial charge in [0.05, 0.1) is 6.61 Å². The lowest BCUT2D eigenvalue weighted by Gasteiger charge is -2.22. The Kier molecular flexibility index (Phi) is 8.06. The van der Waals surface area contributed by atoms with Gasteiger partial charge in [-0.1, -0.05) is 39.0 Å². The predicted molar refractivity (Wildman–Crippen MR) is 67.7 cm³/mol. The van der Waals surface area contributed by atoms with Gasteiger partial charge in [-0.2, -0.15) is 0 Å². The van der Waals surface area contributed by atoms with Crippen LogP contribution in [0, 0.1) is 0 Å². The van der Waals surface area contributed by atoms with Crippen LogP contribution < -0.4 is 0 Å². The fourth-order valence-electron chi connectivity index (χ4n) is 2.06. The second-order valence-corrected chi connectivity index (χ2v) is 4.80. The molecule has 1 heterocycles. The fourth-order valence-corrected chi connectivity index (χ4v) is 2.06. The number of ether oxygens (including phenoxy) is 2. The van der Waals surface area contributed by atoms with Gasteiger partial charge in [-0.15, -0.1) is 0 Å². The molecular formula is C14H26O3. The SMILES string of the molecule is CCCCCCCCC(=O)OC1CCCCO1. The van der Waals surface area contributed by atoms with E-state index in [9.17, 15) is 4.79 Å². The van der Waals surface area contributed by atoms with Gasteiger partial charge >= 0.3 is 5.97 Å². The van der Waals surface area contributed by atoms with Crippen LogP contribution in [0.3, 0.4) is 0 Å². The lowest BCUT2D eigenvalue weighted by Crippen LogP contribution is -2.25. The number of esters is 1. The molecule has 1 atom stereocenters. The summed E-state index contributed by atoms with van der Waals surface area (Å²) in [6.07, 6.45) is 10.5. The van der Waals surface area contributed by atoms with Crippen LogP contribution in [0.2, 0.25) is 0 Å². The Morgan fingerprint density at radius 3 is 2.65 bits per heavy atom. The van der Waals surface area contributed by atoms with Crippen LogP contribution in [0.5, 0.6) is 0 Å². The standard InChI is InChI=1S/C14H26O3/c1-2-3-4-5-6-7-10-13(15)17-14-11-8-9-12-16-14/h14H,2-12H2,1H3. The Labute approximate surface area is 105 Å². The average molecular weight is 242 g/mol. The van der Waals surface area contributed by atoms with E-state index < -0.39 is 0 Å². The highest BCUT2D eigenvalue weighted by Gasteiger charge is 2.17. The van der Waals surface area contributed by atoms with Gasteiger partial charge in [-0.05, 0) is 19.3 Å². The molecule has 3 heteroatoms. The molecule has 0 spiro atoms. The Balaban J connectivity index is 1.93. The molecule has 0 aromatic rings. The molecule has 0 aliphatic carbocycles. The van der Waals surface area contributed by atoms with Crippen LogP contribution in [0.15, 0.2) is 0 Å². The molecule has 0 N–H and O–H groups in total. The molecule has 0 bridgehead atoms. The third-order valence-electron chi connectivity index (χ3n) is 3.14. The molecule has 1 aliphatic heterocycles. The van der Waals surface area contributed by atoms with E-state index in [1.807, 2.05) is 0 Å². The molecule has 1 aliphatic rings. The Morgan fingerprint density at radius 1 is 1.18 bits per heavy atom. The summed E-state index contributed by atoms with van der Waals surface area (Å²) in [4.78, 5) is 11.5. The highest BCUT2D eigenvalue weighted by atomic mass is 16.7. The van der Waals surface area contributed by atoms with Crippen molar-refractivity contribution in [2.75, 3.05) is 6.61 Å². The molecule has 3 nitrogen and oxygen atoms in total. The van der Waals surface area contributed by atoms with Crippen molar-refractivity contribution in [3.8, 4) is 0 Å². The molecule has 0 amide bonds.